The molecule has 0 fully saturated rings. The Morgan fingerprint density at radius 1 is 1.06 bits per heavy atom. The van der Waals surface area contributed by atoms with E-state index in [0.717, 1.165) is 21.2 Å². The van der Waals surface area contributed by atoms with Crippen LogP contribution in [0.15, 0.2) is 70.2 Å². The van der Waals surface area contributed by atoms with Crippen molar-refractivity contribution in [1.29, 1.82) is 0 Å². The smallest absolute Gasteiger partial charge is 0.271 e. The first-order chi connectivity index (χ1) is 15.0. The number of hydrogen-bond acceptors (Lipinski definition) is 4. The van der Waals surface area contributed by atoms with Crippen molar-refractivity contribution >= 4 is 28.1 Å². The zero-order valence-corrected chi connectivity index (χ0v) is 19.4. The minimum absolute atomic E-state index is 0.253. The lowest BCUT2D eigenvalue weighted by Crippen LogP contribution is -2.18. The van der Waals surface area contributed by atoms with Crippen molar-refractivity contribution in [3.8, 4) is 11.5 Å². The zero-order chi connectivity index (χ0) is 22.2. The van der Waals surface area contributed by atoms with Gasteiger partial charge in [-0.2, -0.15) is 5.10 Å². The summed E-state index contributed by atoms with van der Waals surface area (Å²) < 4.78 is 12.6. The Bertz CT molecular complexity index is 1080. The van der Waals surface area contributed by atoms with Gasteiger partial charge >= 0.3 is 0 Å². The predicted octanol–water partition coefficient (Wildman–Crippen LogP) is 5.81. The largest absolute Gasteiger partial charge is 0.490 e. The van der Waals surface area contributed by atoms with E-state index in [1.54, 1.807) is 12.3 Å². The Kier molecular flexibility index (Phi) is 7.84. The Morgan fingerprint density at radius 3 is 2.52 bits per heavy atom. The second-order valence-corrected chi connectivity index (χ2v) is 7.91. The summed E-state index contributed by atoms with van der Waals surface area (Å²) in [5.74, 6) is 0.982. The fourth-order valence-corrected chi connectivity index (χ4v) is 3.53. The van der Waals surface area contributed by atoms with Gasteiger partial charge in [0.15, 0.2) is 11.5 Å². The molecule has 1 N–H and O–H groups in total. The van der Waals surface area contributed by atoms with E-state index in [1.165, 1.54) is 5.56 Å². The maximum Gasteiger partial charge on any atom is 0.271 e. The number of benzene rings is 3. The number of aryl methyl sites for hydroxylation is 2. The number of ether oxygens (including phenoxy) is 2. The number of nitrogens with zero attached hydrogens (tertiary/aromatic N) is 1. The molecule has 3 aromatic rings. The summed E-state index contributed by atoms with van der Waals surface area (Å²) in [7, 11) is 0. The number of rotatable bonds is 8. The zero-order valence-electron chi connectivity index (χ0n) is 17.8. The molecule has 0 unspecified atom stereocenters. The van der Waals surface area contributed by atoms with E-state index in [2.05, 4.69) is 45.5 Å². The van der Waals surface area contributed by atoms with Crippen molar-refractivity contribution in [2.75, 3.05) is 6.61 Å². The van der Waals surface area contributed by atoms with Gasteiger partial charge in [0.05, 0.1) is 17.3 Å². The molecule has 0 radical (unpaired) electrons. The summed E-state index contributed by atoms with van der Waals surface area (Å²) >= 11 is 3.57. The highest BCUT2D eigenvalue weighted by Crippen LogP contribution is 2.37. The van der Waals surface area contributed by atoms with Gasteiger partial charge in [-0.1, -0.05) is 48.0 Å². The molecule has 6 heteroatoms. The summed E-state index contributed by atoms with van der Waals surface area (Å²) in [6.45, 7) is 6.79. The first kappa shape index (κ1) is 22.6. The highest BCUT2D eigenvalue weighted by Gasteiger charge is 2.13. The Balaban J connectivity index is 1.73. The fourth-order valence-electron chi connectivity index (χ4n) is 2.96. The van der Waals surface area contributed by atoms with Crippen LogP contribution in [-0.2, 0) is 6.61 Å². The number of amides is 1. The summed E-state index contributed by atoms with van der Waals surface area (Å²) in [4.78, 5) is 12.3. The monoisotopic (exact) mass is 480 g/mol. The number of carbonyl (C=O) groups is 1. The number of nitrogens with one attached hydrogen (secondary N) is 1. The molecule has 5 nitrogen and oxygen atoms in total. The first-order valence-corrected chi connectivity index (χ1v) is 10.8. The molecule has 3 aromatic carbocycles. The summed E-state index contributed by atoms with van der Waals surface area (Å²) in [6.07, 6.45) is 1.58. The third kappa shape index (κ3) is 6.18. The van der Waals surface area contributed by atoms with Crippen LogP contribution in [-0.4, -0.2) is 18.7 Å². The van der Waals surface area contributed by atoms with E-state index >= 15 is 0 Å². The Labute approximate surface area is 191 Å². The number of hydrazone groups is 1. The SMILES string of the molecule is CCOc1cc(/C=N/NC(=O)c2ccccc2C)cc(Br)c1OCc1ccc(C)cc1. The third-order valence-electron chi connectivity index (χ3n) is 4.60. The van der Waals surface area contributed by atoms with Crippen molar-refractivity contribution in [2.45, 2.75) is 27.4 Å². The Hall–Kier alpha value is -3.12. The third-order valence-corrected chi connectivity index (χ3v) is 5.19. The van der Waals surface area contributed by atoms with Crippen LogP contribution in [0.4, 0.5) is 0 Å². The van der Waals surface area contributed by atoms with E-state index in [-0.39, 0.29) is 5.91 Å². The van der Waals surface area contributed by atoms with Crippen LogP contribution in [0.5, 0.6) is 11.5 Å². The van der Waals surface area contributed by atoms with Crippen molar-refractivity contribution in [3.05, 3.63) is 93.0 Å². The van der Waals surface area contributed by atoms with Crippen molar-refractivity contribution < 1.29 is 14.3 Å². The fraction of sp³-hybridized carbons (Fsp3) is 0.200. The molecule has 0 bridgehead atoms. The summed E-state index contributed by atoms with van der Waals surface area (Å²) in [6, 6.07) is 19.3. The van der Waals surface area contributed by atoms with Gasteiger partial charge in [-0.15, -0.1) is 0 Å². The second kappa shape index (κ2) is 10.8. The molecule has 0 aliphatic carbocycles. The topological polar surface area (TPSA) is 59.9 Å². The molecular formula is C25H25BrN2O3. The van der Waals surface area contributed by atoms with Gasteiger partial charge in [-0.25, -0.2) is 5.43 Å². The van der Waals surface area contributed by atoms with Gasteiger partial charge in [0.2, 0.25) is 0 Å². The van der Waals surface area contributed by atoms with Crippen LogP contribution < -0.4 is 14.9 Å². The van der Waals surface area contributed by atoms with Crippen LogP contribution >= 0.6 is 15.9 Å². The van der Waals surface area contributed by atoms with Gasteiger partial charge in [-0.3, -0.25) is 4.79 Å². The first-order valence-electron chi connectivity index (χ1n) is 10.0. The molecule has 0 aliphatic heterocycles. The highest BCUT2D eigenvalue weighted by molar-refractivity contribution is 9.10. The van der Waals surface area contributed by atoms with E-state index < -0.39 is 0 Å². The minimum Gasteiger partial charge on any atom is -0.490 e. The molecule has 3 rings (SSSR count). The average molecular weight is 481 g/mol. The van der Waals surface area contributed by atoms with Crippen LogP contribution in [0, 0.1) is 13.8 Å². The van der Waals surface area contributed by atoms with E-state index in [1.807, 2.05) is 56.3 Å². The molecule has 31 heavy (non-hydrogen) atoms. The summed E-state index contributed by atoms with van der Waals surface area (Å²) in [5.41, 5.74) is 7.10. The standard InChI is InChI=1S/C25H25BrN2O3/c1-4-30-23-14-20(15-27-28-25(29)21-8-6-5-7-18(21)3)13-22(26)24(23)31-16-19-11-9-17(2)10-12-19/h5-15H,4,16H2,1-3H3,(H,28,29)/b27-15+. The van der Waals surface area contributed by atoms with E-state index in [9.17, 15) is 4.79 Å². The lowest BCUT2D eigenvalue weighted by molar-refractivity contribution is 0.0954. The molecule has 1 amide bonds. The number of halogens is 1. The molecule has 160 valence electrons. The number of carbonyl (C=O) groups excluding carboxylic acids is 1. The quantitative estimate of drug-likeness (QED) is 0.327. The average Bonchev–Trinajstić information content (AvgIpc) is 2.75. The highest BCUT2D eigenvalue weighted by atomic mass is 79.9. The van der Waals surface area contributed by atoms with Crippen LogP contribution in [0.2, 0.25) is 0 Å². The van der Waals surface area contributed by atoms with Gasteiger partial charge in [0.25, 0.3) is 5.91 Å². The lowest BCUT2D eigenvalue weighted by atomic mass is 10.1. The van der Waals surface area contributed by atoms with Gasteiger partial charge in [-0.05, 0) is 71.6 Å². The van der Waals surface area contributed by atoms with Crippen LogP contribution in [0.1, 0.15) is 39.5 Å². The van der Waals surface area contributed by atoms with Gasteiger partial charge in [0, 0.05) is 5.56 Å². The normalized spacial score (nSPS) is 10.8. The molecule has 0 aromatic heterocycles. The van der Waals surface area contributed by atoms with Crippen molar-refractivity contribution in [2.24, 2.45) is 5.10 Å². The molecule has 0 atom stereocenters. The molecule has 0 saturated carbocycles. The van der Waals surface area contributed by atoms with E-state index in [4.69, 9.17) is 9.47 Å². The van der Waals surface area contributed by atoms with Crippen molar-refractivity contribution in [1.82, 2.24) is 5.43 Å². The molecule has 0 aliphatic rings. The van der Waals surface area contributed by atoms with Crippen LogP contribution in [0.3, 0.4) is 0 Å². The lowest BCUT2D eigenvalue weighted by Gasteiger charge is -2.15. The molecule has 0 saturated heterocycles. The predicted molar refractivity (Wildman–Crippen MR) is 127 cm³/mol. The van der Waals surface area contributed by atoms with Crippen LogP contribution in [0.25, 0.3) is 0 Å². The second-order valence-electron chi connectivity index (χ2n) is 7.05. The van der Waals surface area contributed by atoms with E-state index in [0.29, 0.717) is 30.3 Å². The molecule has 0 spiro atoms. The number of hydrogen-bond donors (Lipinski definition) is 1. The van der Waals surface area contributed by atoms with Gasteiger partial charge in [0.1, 0.15) is 6.61 Å². The molecular weight excluding hydrogens is 456 g/mol. The summed E-state index contributed by atoms with van der Waals surface area (Å²) in [5, 5.41) is 4.09. The van der Waals surface area contributed by atoms with Crippen molar-refractivity contribution in [3.63, 3.8) is 0 Å². The maximum absolute atomic E-state index is 12.3. The molecule has 0 heterocycles. The Morgan fingerprint density at radius 2 is 1.81 bits per heavy atom. The minimum atomic E-state index is -0.253. The maximum atomic E-state index is 12.3. The van der Waals surface area contributed by atoms with Gasteiger partial charge < -0.3 is 9.47 Å².